The van der Waals surface area contributed by atoms with Crippen molar-refractivity contribution in [3.63, 3.8) is 0 Å². The maximum absolute atomic E-state index is 13.9. The fourth-order valence-corrected chi connectivity index (χ4v) is 9.45. The number of anilines is 1. The van der Waals surface area contributed by atoms with Gasteiger partial charge in [0.05, 0.1) is 29.7 Å². The molecule has 1 aliphatic carbocycles. The molecule has 9 rings (SSSR count). The summed E-state index contributed by atoms with van der Waals surface area (Å²) in [5, 5.41) is 22.3. The van der Waals surface area contributed by atoms with E-state index in [0.29, 0.717) is 44.0 Å². The largest absolute Gasteiger partial charge is 0.372 e. The number of aliphatic hydroxyl groups excluding tert-OH is 1. The summed E-state index contributed by atoms with van der Waals surface area (Å²) in [4.78, 5) is 55.8. The number of carbonyl (C=O) groups excluding carboxylic acids is 4. The van der Waals surface area contributed by atoms with Gasteiger partial charge in [0.1, 0.15) is 6.23 Å². The van der Waals surface area contributed by atoms with Crippen LogP contribution < -0.4 is 10.2 Å². The third-order valence-corrected chi connectivity index (χ3v) is 12.8. The Balaban J connectivity index is 0.992. The molecule has 12 nitrogen and oxygen atoms in total. The van der Waals surface area contributed by atoms with E-state index < -0.39 is 17.7 Å². The highest BCUT2D eigenvalue weighted by molar-refractivity contribution is 6.09. The lowest BCUT2D eigenvalue weighted by Gasteiger charge is -2.36. The molecule has 2 aromatic heterocycles. The van der Waals surface area contributed by atoms with Gasteiger partial charge < -0.3 is 24.8 Å². The molecule has 0 spiro atoms. The first kappa shape index (κ1) is 38.6. The summed E-state index contributed by atoms with van der Waals surface area (Å²) in [5.74, 6) is 0.435. The van der Waals surface area contributed by atoms with Crippen LogP contribution in [0.1, 0.15) is 92.0 Å². The Morgan fingerprint density at radius 2 is 1.81 bits per heavy atom. The molecule has 2 unspecified atom stereocenters. The van der Waals surface area contributed by atoms with E-state index in [4.69, 9.17) is 0 Å². The first-order valence-corrected chi connectivity index (χ1v) is 21.0. The van der Waals surface area contributed by atoms with E-state index in [1.54, 1.807) is 28.9 Å². The molecule has 2 N–H and O–H groups in total. The maximum Gasteiger partial charge on any atom is 0.237 e. The maximum atomic E-state index is 13.9. The number of amides is 3. The number of Topliss-reactive ketones (excluding diaryl/α,β-unsaturated/α-hetero) is 1. The second-order valence-electron chi connectivity index (χ2n) is 17.3. The lowest BCUT2D eigenvalue weighted by atomic mass is 9.81. The van der Waals surface area contributed by atoms with Gasteiger partial charge in [0.15, 0.2) is 5.78 Å². The Bertz CT molecular complexity index is 2500. The molecule has 2 atom stereocenters. The number of nitrogens with one attached hydrogen (secondary N) is 1. The number of hydrogen-bond donors (Lipinski definition) is 2. The quantitative estimate of drug-likeness (QED) is 0.143. The van der Waals surface area contributed by atoms with Gasteiger partial charge in [-0.05, 0) is 117 Å². The summed E-state index contributed by atoms with van der Waals surface area (Å²) >= 11 is 0. The van der Waals surface area contributed by atoms with Gasteiger partial charge in [-0.15, -0.1) is 5.10 Å². The molecule has 0 bridgehead atoms. The van der Waals surface area contributed by atoms with Gasteiger partial charge in [-0.2, -0.15) is 0 Å². The van der Waals surface area contributed by atoms with Crippen LogP contribution in [0.5, 0.6) is 0 Å². The second-order valence-corrected chi connectivity index (χ2v) is 17.3. The SMILES string of the molecule is CC(=O)c1cc(-c2ccc(CCc3cccc4c3C(C)(C)C(=O)N4C3CCC(=O)NC3O)cc2)c2c(c1)cc(C1=CCCN(C(=O)CCn3ccnn3)C1)n2CC1CC1. The van der Waals surface area contributed by atoms with Gasteiger partial charge in [0.25, 0.3) is 0 Å². The zero-order valence-electron chi connectivity index (χ0n) is 34.0. The monoisotopic (exact) mass is 793 g/mol. The van der Waals surface area contributed by atoms with Gasteiger partial charge in [-0.25, -0.2) is 0 Å². The normalized spacial score (nSPS) is 20.2. The standard InChI is InChI=1S/C47H51N7O5/c1-29(55)35-24-36-26-40(34-7-5-21-51(28-34)42(57)19-22-52-23-20-48-50-52)53(27-31-9-10-31)44(36)37(25-35)32-14-11-30(12-15-32)13-16-33-6-4-8-38-43(33)47(2,3)46(59)54(38)39-17-18-41(56)49-45(39)58/h4,6-8,11-12,14-15,20,23-26,31,39,45,58H,5,9-10,13,16-19,21-22,27-28H2,1-3H3,(H,49,56). The minimum absolute atomic E-state index is 0.0143. The molecular formula is C47H51N7O5. The van der Waals surface area contributed by atoms with Crippen molar-refractivity contribution >= 4 is 45.7 Å². The predicted molar refractivity (Wildman–Crippen MR) is 225 cm³/mol. The minimum atomic E-state index is -1.11. The molecule has 1 saturated heterocycles. The lowest BCUT2D eigenvalue weighted by Crippen LogP contribution is -2.57. The second kappa shape index (κ2) is 15.4. The molecule has 3 aromatic carbocycles. The highest BCUT2D eigenvalue weighted by Gasteiger charge is 2.49. The number of piperidine rings is 1. The van der Waals surface area contributed by atoms with Crippen molar-refractivity contribution in [2.45, 2.75) is 103 Å². The Morgan fingerprint density at radius 1 is 1.00 bits per heavy atom. The first-order valence-electron chi connectivity index (χ1n) is 21.0. The Morgan fingerprint density at radius 3 is 2.54 bits per heavy atom. The number of carbonyl (C=O) groups is 4. The Hall–Kier alpha value is -5.88. The number of ketones is 1. The molecule has 5 aromatic rings. The van der Waals surface area contributed by atoms with Gasteiger partial charge in [0, 0.05) is 66.6 Å². The van der Waals surface area contributed by atoms with Crippen LogP contribution in [0.25, 0.3) is 27.6 Å². The Kier molecular flexibility index (Phi) is 10.1. The summed E-state index contributed by atoms with van der Waals surface area (Å²) in [6.45, 7) is 8.11. The van der Waals surface area contributed by atoms with Crippen LogP contribution in [-0.4, -0.2) is 78.4 Å². The van der Waals surface area contributed by atoms with Crippen LogP contribution in [0.2, 0.25) is 0 Å². The summed E-state index contributed by atoms with van der Waals surface area (Å²) in [6, 6.07) is 20.4. The van der Waals surface area contributed by atoms with E-state index in [1.807, 2.05) is 43.0 Å². The number of benzene rings is 3. The number of hydrogen-bond acceptors (Lipinski definition) is 7. The predicted octanol–water partition coefficient (Wildman–Crippen LogP) is 6.22. The first-order chi connectivity index (χ1) is 28.5. The number of nitrogens with zero attached hydrogens (tertiary/aromatic N) is 6. The zero-order valence-corrected chi connectivity index (χ0v) is 34.0. The number of aryl methyl sites for hydroxylation is 3. The molecule has 2 fully saturated rings. The third kappa shape index (κ3) is 7.39. The van der Waals surface area contributed by atoms with Crippen LogP contribution in [0.15, 0.2) is 79.1 Å². The summed E-state index contributed by atoms with van der Waals surface area (Å²) in [6.07, 6.45) is 10.2. The average Bonchev–Trinajstić information content (AvgIpc) is 3.67. The Labute approximate surface area is 343 Å². The molecular weight excluding hydrogens is 743 g/mol. The van der Waals surface area contributed by atoms with Gasteiger partial charge in [-0.1, -0.05) is 47.7 Å². The van der Waals surface area contributed by atoms with Crippen molar-refractivity contribution in [3.05, 3.63) is 107 Å². The molecule has 59 heavy (non-hydrogen) atoms. The molecule has 5 heterocycles. The van der Waals surface area contributed by atoms with Crippen LogP contribution in [0.3, 0.4) is 0 Å². The summed E-state index contributed by atoms with van der Waals surface area (Å²) in [7, 11) is 0. The van der Waals surface area contributed by atoms with E-state index >= 15 is 0 Å². The van der Waals surface area contributed by atoms with Crippen LogP contribution in [0.4, 0.5) is 5.69 Å². The molecule has 1 saturated carbocycles. The van der Waals surface area contributed by atoms with Crippen molar-refractivity contribution in [1.82, 2.24) is 29.8 Å². The fraction of sp³-hybridized carbons (Fsp3) is 0.404. The highest BCUT2D eigenvalue weighted by Crippen LogP contribution is 2.46. The van der Waals surface area contributed by atoms with Crippen molar-refractivity contribution in [1.29, 1.82) is 0 Å². The number of aromatic nitrogens is 4. The van der Waals surface area contributed by atoms with Crippen LogP contribution in [0, 0.1) is 5.92 Å². The van der Waals surface area contributed by atoms with E-state index in [-0.39, 0.29) is 29.9 Å². The average molecular weight is 794 g/mol. The molecule has 0 radical (unpaired) electrons. The third-order valence-electron chi connectivity index (χ3n) is 12.8. The smallest absolute Gasteiger partial charge is 0.237 e. The van der Waals surface area contributed by atoms with Gasteiger partial charge in [-0.3, -0.25) is 23.9 Å². The number of rotatable bonds is 12. The van der Waals surface area contributed by atoms with Crippen molar-refractivity contribution in [3.8, 4) is 11.1 Å². The topological polar surface area (TPSA) is 143 Å². The molecule has 304 valence electrons. The molecule has 12 heteroatoms. The van der Waals surface area contributed by atoms with Crippen LogP contribution >= 0.6 is 0 Å². The van der Waals surface area contributed by atoms with Crippen LogP contribution in [-0.2, 0) is 45.7 Å². The zero-order chi connectivity index (χ0) is 41.0. The lowest BCUT2D eigenvalue weighted by molar-refractivity contribution is -0.131. The molecule has 3 amide bonds. The number of aliphatic hydroxyl groups is 1. The van der Waals surface area contributed by atoms with Gasteiger partial charge in [0.2, 0.25) is 17.7 Å². The number of fused-ring (bicyclic) bond motifs is 2. The van der Waals surface area contributed by atoms with Gasteiger partial charge >= 0.3 is 0 Å². The van der Waals surface area contributed by atoms with E-state index in [9.17, 15) is 24.3 Å². The van der Waals surface area contributed by atoms with E-state index in [2.05, 4.69) is 62.7 Å². The highest BCUT2D eigenvalue weighted by atomic mass is 16.3. The fourth-order valence-electron chi connectivity index (χ4n) is 9.45. The molecule has 4 aliphatic rings. The summed E-state index contributed by atoms with van der Waals surface area (Å²) in [5.41, 5.74) is 9.33. The van der Waals surface area contributed by atoms with E-state index in [0.717, 1.165) is 81.5 Å². The minimum Gasteiger partial charge on any atom is -0.372 e. The van der Waals surface area contributed by atoms with Crippen molar-refractivity contribution in [2.75, 3.05) is 18.0 Å². The van der Waals surface area contributed by atoms with E-state index in [1.165, 1.54) is 12.8 Å². The van der Waals surface area contributed by atoms with Crippen molar-refractivity contribution in [2.24, 2.45) is 5.92 Å². The van der Waals surface area contributed by atoms with Crippen molar-refractivity contribution < 1.29 is 24.3 Å². The molecule has 3 aliphatic heterocycles. The summed E-state index contributed by atoms with van der Waals surface area (Å²) < 4.78 is 4.13.